The van der Waals surface area contributed by atoms with Crippen molar-refractivity contribution in [2.75, 3.05) is 33.3 Å². The average molecular weight is 247 g/mol. The molecule has 1 aromatic carbocycles. The molecular weight excluding hydrogens is 230 g/mol. The fourth-order valence-electron chi connectivity index (χ4n) is 1.78. The van der Waals surface area contributed by atoms with E-state index in [2.05, 4.69) is 5.32 Å². The predicted octanol–water partition coefficient (Wildman–Crippen LogP) is 0.942. The molecule has 1 aliphatic heterocycles. The van der Waals surface area contributed by atoms with Crippen molar-refractivity contribution in [3.05, 3.63) is 24.3 Å². The highest BCUT2D eigenvalue weighted by molar-refractivity contribution is 5.76. The number of carbonyl (C=O) groups is 1. The molecule has 0 spiro atoms. The maximum absolute atomic E-state index is 11.3. The van der Waals surface area contributed by atoms with Gasteiger partial charge in [0.2, 0.25) is 0 Å². The van der Waals surface area contributed by atoms with E-state index in [1.54, 1.807) is 16.5 Å². The number of nitrogens with one attached hydrogen (secondary N) is 1. The van der Waals surface area contributed by atoms with Gasteiger partial charge < -0.3 is 19.5 Å². The first kappa shape index (κ1) is 12.4. The van der Waals surface area contributed by atoms with E-state index in [9.17, 15) is 4.79 Å². The number of amides is 2. The number of carbonyl (C=O) groups excluding carboxylic acids is 1. The summed E-state index contributed by atoms with van der Waals surface area (Å²) < 4.78 is 7.11. The molecule has 0 atom stereocenters. The van der Waals surface area contributed by atoms with E-state index in [-0.39, 0.29) is 6.03 Å². The van der Waals surface area contributed by atoms with Crippen molar-refractivity contribution in [3.63, 3.8) is 0 Å². The molecule has 5 heteroatoms. The third kappa shape index (κ3) is 3.00. The summed E-state index contributed by atoms with van der Waals surface area (Å²) in [6, 6.07) is 7.49. The molecule has 0 saturated carbocycles. The van der Waals surface area contributed by atoms with Crippen LogP contribution >= 0.6 is 0 Å². The highest BCUT2D eigenvalue weighted by Gasteiger charge is 2.18. The summed E-state index contributed by atoms with van der Waals surface area (Å²) in [5, 5.41) is 2.75. The first-order valence-electron chi connectivity index (χ1n) is 5.91. The number of urea groups is 1. The second-order valence-electron chi connectivity index (χ2n) is 4.17. The van der Waals surface area contributed by atoms with Gasteiger partial charge in [-0.2, -0.15) is 0 Å². The fourth-order valence-corrected chi connectivity index (χ4v) is 1.78. The molecule has 1 aliphatic rings. The number of hydrogen-bond donors (Lipinski definition) is 1. The summed E-state index contributed by atoms with van der Waals surface area (Å²) in [6.07, 6.45) is 0. The second kappa shape index (κ2) is 5.53. The van der Waals surface area contributed by atoms with Crippen molar-refractivity contribution in [1.82, 2.24) is 10.2 Å². The Morgan fingerprint density at radius 2 is 2.17 bits per heavy atom. The van der Waals surface area contributed by atoms with Gasteiger partial charge in [0.1, 0.15) is 19.4 Å². The summed E-state index contributed by atoms with van der Waals surface area (Å²) >= 11 is 0. The van der Waals surface area contributed by atoms with Crippen LogP contribution < -0.4 is 10.1 Å². The fraction of sp³-hybridized carbons (Fsp3) is 0.385. The van der Waals surface area contributed by atoms with Crippen LogP contribution in [0, 0.1) is 0 Å². The highest BCUT2D eigenvalue weighted by atomic mass is 16.5. The topological polar surface area (TPSA) is 44.6 Å². The molecule has 1 heterocycles. The van der Waals surface area contributed by atoms with Gasteiger partial charge in [-0.3, -0.25) is 0 Å². The van der Waals surface area contributed by atoms with Crippen molar-refractivity contribution >= 4 is 18.4 Å². The van der Waals surface area contributed by atoms with E-state index >= 15 is 0 Å². The summed E-state index contributed by atoms with van der Waals surface area (Å²) in [5.41, 5.74) is 0.918. The van der Waals surface area contributed by atoms with Gasteiger partial charge in [0.05, 0.1) is 12.2 Å². The lowest BCUT2D eigenvalue weighted by molar-refractivity contribution is -0.394. The van der Waals surface area contributed by atoms with Gasteiger partial charge in [0.15, 0.2) is 0 Å². The maximum Gasteiger partial charge on any atom is 0.317 e. The van der Waals surface area contributed by atoms with Crippen LogP contribution in [-0.4, -0.2) is 55.5 Å². The van der Waals surface area contributed by atoms with Gasteiger partial charge in [-0.25, -0.2) is 4.79 Å². The van der Waals surface area contributed by atoms with E-state index in [4.69, 9.17) is 11.5 Å². The van der Waals surface area contributed by atoms with Crippen molar-refractivity contribution < 1.29 is 14.1 Å². The Labute approximate surface area is 107 Å². The Hall–Kier alpha value is -2.04. The second-order valence-corrected chi connectivity index (χ2v) is 4.17. The molecule has 2 rings (SSSR count). The van der Waals surface area contributed by atoms with E-state index < -0.39 is 0 Å². The van der Waals surface area contributed by atoms with Gasteiger partial charge >= 0.3 is 6.03 Å². The largest absolute Gasteiger partial charge is 0.492 e. The van der Waals surface area contributed by atoms with Crippen LogP contribution in [0.15, 0.2) is 24.3 Å². The molecule has 0 aromatic heterocycles. The molecule has 1 aromatic rings. The van der Waals surface area contributed by atoms with Crippen LogP contribution in [0.5, 0.6) is 5.75 Å². The Kier molecular flexibility index (Phi) is 3.82. The average Bonchev–Trinajstić information content (AvgIpc) is 2.76. The van der Waals surface area contributed by atoms with Gasteiger partial charge in [0.25, 0.3) is 0 Å². The monoisotopic (exact) mass is 247 g/mol. The van der Waals surface area contributed by atoms with Gasteiger partial charge in [-0.05, 0) is 12.1 Å². The normalized spacial score (nSPS) is 14.5. The summed E-state index contributed by atoms with van der Waals surface area (Å²) in [6.45, 7) is 8.16. The van der Waals surface area contributed by atoms with Crippen molar-refractivity contribution in [1.29, 1.82) is 0 Å². The lowest BCUT2D eigenvalue weighted by Gasteiger charge is -2.14. The zero-order valence-corrected chi connectivity index (χ0v) is 10.4. The number of rotatable bonds is 5. The van der Waals surface area contributed by atoms with Crippen LogP contribution in [0.4, 0.5) is 10.5 Å². The van der Waals surface area contributed by atoms with Crippen LogP contribution in [0.1, 0.15) is 0 Å². The highest BCUT2D eigenvalue weighted by Crippen LogP contribution is 2.16. The van der Waals surface area contributed by atoms with Crippen molar-refractivity contribution in [3.8, 4) is 5.75 Å². The summed E-state index contributed by atoms with van der Waals surface area (Å²) in [4.78, 5) is 13.0. The van der Waals surface area contributed by atoms with E-state index in [1.165, 1.54) is 0 Å². The predicted molar refractivity (Wildman–Crippen MR) is 68.8 cm³/mol. The third-order valence-electron chi connectivity index (χ3n) is 2.82. The van der Waals surface area contributed by atoms with E-state index in [1.807, 2.05) is 24.3 Å². The summed E-state index contributed by atoms with van der Waals surface area (Å²) in [7, 11) is 1.78. The molecule has 0 aliphatic carbocycles. The van der Waals surface area contributed by atoms with Crippen LogP contribution in [0.3, 0.4) is 0 Å². The minimum atomic E-state index is -0.0151. The molecule has 0 unspecified atom stereocenters. The SMILES string of the molecule is [CH-]=[N+](C)c1ccc(OCCN2CCNC2=O)cc1. The lowest BCUT2D eigenvalue weighted by Crippen LogP contribution is -2.31. The molecule has 18 heavy (non-hydrogen) atoms. The molecule has 1 N–H and O–H groups in total. The Balaban J connectivity index is 1.79. The minimum Gasteiger partial charge on any atom is -0.492 e. The lowest BCUT2D eigenvalue weighted by atomic mass is 10.3. The molecule has 1 saturated heterocycles. The number of hydrogen-bond acceptors (Lipinski definition) is 2. The summed E-state index contributed by atoms with van der Waals surface area (Å²) in [5.74, 6) is 0.778. The van der Waals surface area contributed by atoms with Gasteiger partial charge in [0, 0.05) is 19.8 Å². The van der Waals surface area contributed by atoms with Crippen molar-refractivity contribution in [2.24, 2.45) is 0 Å². The first-order chi connectivity index (χ1) is 8.66. The molecule has 0 radical (unpaired) electrons. The molecule has 5 nitrogen and oxygen atoms in total. The zero-order chi connectivity index (χ0) is 13.0. The van der Waals surface area contributed by atoms with Crippen LogP contribution in [0.2, 0.25) is 0 Å². The maximum atomic E-state index is 11.3. The van der Waals surface area contributed by atoms with E-state index in [0.29, 0.717) is 13.2 Å². The molecule has 2 amide bonds. The van der Waals surface area contributed by atoms with Gasteiger partial charge in [-0.1, -0.05) is 12.1 Å². The van der Waals surface area contributed by atoms with Gasteiger partial charge in [-0.15, -0.1) is 0 Å². The minimum absolute atomic E-state index is 0.0151. The first-order valence-corrected chi connectivity index (χ1v) is 5.91. The van der Waals surface area contributed by atoms with E-state index in [0.717, 1.165) is 24.5 Å². The third-order valence-corrected chi connectivity index (χ3v) is 2.82. The standard InChI is InChI=1S/C13H17N3O2/c1-15(2)11-3-5-12(6-4-11)18-10-9-16-8-7-14-13(16)17/h1,3-6H,7-10H2,2H3,(H,14,17). The number of nitrogens with zero attached hydrogens (tertiary/aromatic N) is 2. The number of ether oxygens (including phenoxy) is 1. The van der Waals surface area contributed by atoms with Crippen LogP contribution in [0.25, 0.3) is 0 Å². The smallest absolute Gasteiger partial charge is 0.317 e. The molecule has 0 bridgehead atoms. The number of benzene rings is 1. The zero-order valence-electron chi connectivity index (χ0n) is 10.4. The molecular formula is C13H17N3O2. The molecule has 96 valence electrons. The molecule has 1 fully saturated rings. The van der Waals surface area contributed by atoms with Crippen LogP contribution in [-0.2, 0) is 0 Å². The Bertz CT molecular complexity index is 442. The van der Waals surface area contributed by atoms with Crippen molar-refractivity contribution in [2.45, 2.75) is 0 Å². The Morgan fingerprint density at radius 3 is 2.72 bits per heavy atom. The Morgan fingerprint density at radius 1 is 1.44 bits per heavy atom. The quantitative estimate of drug-likeness (QED) is 0.478.